The van der Waals surface area contributed by atoms with E-state index in [9.17, 15) is 27.1 Å². The quantitative estimate of drug-likeness (QED) is 0.313. The fraction of sp³-hybridized carbons (Fsp3) is 0.238. The van der Waals surface area contributed by atoms with E-state index in [0.29, 0.717) is 20.3 Å². The number of halogens is 1. The summed E-state index contributed by atoms with van der Waals surface area (Å²) in [5.74, 6) is -1.56. The fourth-order valence-electron chi connectivity index (χ4n) is 2.93. The van der Waals surface area contributed by atoms with Gasteiger partial charge in [-0.1, -0.05) is 0 Å². The van der Waals surface area contributed by atoms with Crippen LogP contribution in [0.2, 0.25) is 0 Å². The van der Waals surface area contributed by atoms with Gasteiger partial charge in [0.25, 0.3) is 15.9 Å². The molecular formula is C21H22FN4O6PS2. The van der Waals surface area contributed by atoms with Crippen LogP contribution in [-0.4, -0.2) is 52.8 Å². The molecule has 186 valence electrons. The van der Waals surface area contributed by atoms with Crippen LogP contribution in [0.4, 0.5) is 10.1 Å². The van der Waals surface area contributed by atoms with Crippen LogP contribution in [0, 0.1) is 17.1 Å². The minimum absolute atomic E-state index is 0.133. The summed E-state index contributed by atoms with van der Waals surface area (Å²) >= 11 is 0.923. The predicted molar refractivity (Wildman–Crippen MR) is 128 cm³/mol. The Morgan fingerprint density at radius 1 is 1.23 bits per heavy atom. The summed E-state index contributed by atoms with van der Waals surface area (Å²) in [5, 5.41) is 12.0. The van der Waals surface area contributed by atoms with Crippen LogP contribution in [0.25, 0.3) is 10.1 Å². The first-order valence-corrected chi connectivity index (χ1v) is 14.0. The number of thiophene rings is 1. The molecule has 0 radical (unpaired) electrons. The molecule has 14 heteroatoms. The largest absolute Gasteiger partial charge is 0.768 e. The number of benzene rings is 2. The maximum atomic E-state index is 13.7. The Morgan fingerprint density at radius 3 is 2.57 bits per heavy atom. The molecule has 0 aliphatic rings. The number of hydrogen-bond donors (Lipinski definition) is 2. The topological polar surface area (TPSA) is 148 Å². The molecule has 0 aliphatic heterocycles. The highest BCUT2D eigenvalue weighted by atomic mass is 32.2. The average Bonchev–Trinajstić information content (AvgIpc) is 3.15. The molecule has 0 saturated heterocycles. The average molecular weight is 541 g/mol. The molecule has 0 fully saturated rings. The molecule has 10 nitrogen and oxygen atoms in total. The molecule has 1 amide bonds. The van der Waals surface area contributed by atoms with E-state index in [1.54, 1.807) is 24.3 Å². The number of rotatable bonds is 9. The molecule has 2 aromatic carbocycles. The van der Waals surface area contributed by atoms with Gasteiger partial charge in [0.1, 0.15) is 21.8 Å². The van der Waals surface area contributed by atoms with E-state index in [1.165, 1.54) is 6.07 Å². The van der Waals surface area contributed by atoms with Crippen molar-refractivity contribution in [3.63, 3.8) is 0 Å². The van der Waals surface area contributed by atoms with Gasteiger partial charge in [0.2, 0.25) is 0 Å². The zero-order chi connectivity index (χ0) is 26.0. The molecule has 1 atom stereocenters. The normalized spacial score (nSPS) is 13.7. The Balaban J connectivity index is 1.70. The minimum atomic E-state index is -4.78. The Labute approximate surface area is 205 Å². The van der Waals surface area contributed by atoms with Crippen molar-refractivity contribution in [1.82, 2.24) is 4.72 Å². The van der Waals surface area contributed by atoms with Gasteiger partial charge >= 0.3 is 0 Å². The first kappa shape index (κ1) is 26.7. The van der Waals surface area contributed by atoms with E-state index >= 15 is 0 Å². The van der Waals surface area contributed by atoms with Gasteiger partial charge in [-0.3, -0.25) is 9.36 Å². The lowest BCUT2D eigenvalue weighted by Gasteiger charge is -2.24. The molecule has 0 spiro atoms. The second-order valence-electron chi connectivity index (χ2n) is 8.58. The monoisotopic (exact) mass is 540 g/mol. The first-order chi connectivity index (χ1) is 16.2. The number of anilines is 1. The lowest BCUT2D eigenvalue weighted by atomic mass is 10.2. The summed E-state index contributed by atoms with van der Waals surface area (Å²) in [7, 11) is -3.38. The molecule has 35 heavy (non-hydrogen) atoms. The van der Waals surface area contributed by atoms with Gasteiger partial charge in [-0.15, -0.1) is 11.3 Å². The van der Waals surface area contributed by atoms with Crippen molar-refractivity contribution in [2.24, 2.45) is 0 Å². The first-order valence-electron chi connectivity index (χ1n) is 10.0. The molecule has 0 aliphatic carbocycles. The van der Waals surface area contributed by atoms with E-state index in [0.717, 1.165) is 29.5 Å². The lowest BCUT2D eigenvalue weighted by Crippen LogP contribution is -2.41. The van der Waals surface area contributed by atoms with Crippen molar-refractivity contribution in [1.29, 1.82) is 5.26 Å². The molecule has 0 saturated carbocycles. The van der Waals surface area contributed by atoms with Crippen LogP contribution < -0.4 is 19.5 Å². The summed E-state index contributed by atoms with van der Waals surface area (Å²) in [6, 6.07) is 10.7. The van der Waals surface area contributed by atoms with Crippen LogP contribution >= 0.6 is 18.9 Å². The van der Waals surface area contributed by atoms with Gasteiger partial charge in [-0.2, -0.15) is 5.26 Å². The van der Waals surface area contributed by atoms with E-state index in [4.69, 9.17) is 9.79 Å². The molecule has 1 heterocycles. The number of amides is 1. The standard InChI is InChI=1S/C21H22FN4O6PS2/c1-26(2,3)12-20(27)25-16-5-7-19-15(8-16)9-21(34-19)35(30,31)24-13-33(28,29)32-17-6-4-14(11-23)18(22)10-17/h4-10,24H,12-13H2,1-3H3,(H-,25,27,28,29). The van der Waals surface area contributed by atoms with Crippen molar-refractivity contribution in [2.45, 2.75) is 4.21 Å². The number of carbonyl (C=O) groups is 1. The van der Waals surface area contributed by atoms with Crippen LogP contribution in [0.5, 0.6) is 5.75 Å². The number of hydrogen-bond acceptors (Lipinski definition) is 8. The van der Waals surface area contributed by atoms with Crippen molar-refractivity contribution in [2.75, 3.05) is 39.3 Å². The van der Waals surface area contributed by atoms with Crippen LogP contribution in [0.1, 0.15) is 5.56 Å². The molecular weight excluding hydrogens is 518 g/mol. The van der Waals surface area contributed by atoms with Crippen molar-refractivity contribution in [3.05, 3.63) is 53.8 Å². The lowest BCUT2D eigenvalue weighted by molar-refractivity contribution is -0.861. The van der Waals surface area contributed by atoms with Crippen LogP contribution in [0.3, 0.4) is 0 Å². The predicted octanol–water partition coefficient (Wildman–Crippen LogP) is 2.42. The third-order valence-electron chi connectivity index (χ3n) is 4.41. The number of carbonyl (C=O) groups excluding carboxylic acids is 1. The Kier molecular flexibility index (Phi) is 7.66. The highest BCUT2D eigenvalue weighted by molar-refractivity contribution is 7.92. The number of fused-ring (bicyclic) bond motifs is 1. The van der Waals surface area contributed by atoms with Crippen molar-refractivity contribution in [3.8, 4) is 11.8 Å². The number of nitrogens with one attached hydrogen (secondary N) is 2. The second kappa shape index (κ2) is 10.0. The maximum absolute atomic E-state index is 13.7. The fourth-order valence-corrected chi connectivity index (χ4v) is 6.83. The summed E-state index contributed by atoms with van der Waals surface area (Å²) in [4.78, 5) is 24.4. The third kappa shape index (κ3) is 7.32. The van der Waals surface area contributed by atoms with Crippen molar-refractivity contribution >= 4 is 50.6 Å². The summed E-state index contributed by atoms with van der Waals surface area (Å²) in [6.07, 6.45) is -1.07. The minimum Gasteiger partial charge on any atom is -0.768 e. The molecule has 0 bridgehead atoms. The van der Waals surface area contributed by atoms with E-state index in [2.05, 4.69) is 5.32 Å². The van der Waals surface area contributed by atoms with Gasteiger partial charge in [0, 0.05) is 16.5 Å². The number of nitrogens with zero attached hydrogens (tertiary/aromatic N) is 2. The smallest absolute Gasteiger partial charge is 0.279 e. The molecule has 1 unspecified atom stereocenters. The Bertz CT molecular complexity index is 1480. The number of likely N-dealkylation sites (N-methyl/N-ethyl adjacent to an activating group) is 1. The Morgan fingerprint density at radius 2 is 1.94 bits per heavy atom. The van der Waals surface area contributed by atoms with E-state index in [-0.39, 0.29) is 28.0 Å². The zero-order valence-electron chi connectivity index (χ0n) is 18.9. The molecule has 1 aromatic heterocycles. The second-order valence-corrected chi connectivity index (χ2v) is 13.4. The SMILES string of the molecule is C[N+](C)(C)CC(=O)Nc1ccc2sc(S(=O)(=O)NCP(=O)([O-])Oc3ccc(C#N)c(F)c3)cc2c1. The molecule has 3 aromatic rings. The van der Waals surface area contributed by atoms with Gasteiger partial charge < -0.3 is 19.2 Å². The number of nitriles is 1. The zero-order valence-corrected chi connectivity index (χ0v) is 21.5. The van der Waals surface area contributed by atoms with Gasteiger partial charge in [0.05, 0.1) is 33.0 Å². The maximum Gasteiger partial charge on any atom is 0.279 e. The van der Waals surface area contributed by atoms with Crippen molar-refractivity contribution < 1.29 is 36.1 Å². The highest BCUT2D eigenvalue weighted by Crippen LogP contribution is 2.38. The highest BCUT2D eigenvalue weighted by Gasteiger charge is 2.22. The van der Waals surface area contributed by atoms with E-state index < -0.39 is 29.7 Å². The van der Waals surface area contributed by atoms with Gasteiger partial charge in [-0.05, 0) is 41.8 Å². The Hall–Kier alpha value is -2.85. The number of sulfonamides is 1. The van der Waals surface area contributed by atoms with Gasteiger partial charge in [0.15, 0.2) is 14.1 Å². The number of quaternary nitrogens is 1. The summed E-state index contributed by atoms with van der Waals surface area (Å²) < 4.78 is 58.9. The third-order valence-corrected chi connectivity index (χ3v) is 8.65. The van der Waals surface area contributed by atoms with Crippen LogP contribution in [-0.2, 0) is 19.4 Å². The van der Waals surface area contributed by atoms with Gasteiger partial charge in [-0.25, -0.2) is 17.5 Å². The van der Waals surface area contributed by atoms with Crippen LogP contribution in [0.15, 0.2) is 46.7 Å². The molecule has 3 rings (SSSR count). The van der Waals surface area contributed by atoms with E-state index in [1.807, 2.05) is 25.9 Å². The summed E-state index contributed by atoms with van der Waals surface area (Å²) in [5.41, 5.74) is 0.206. The molecule has 2 N–H and O–H groups in total. The summed E-state index contributed by atoms with van der Waals surface area (Å²) in [6.45, 7) is 0.248.